The summed E-state index contributed by atoms with van der Waals surface area (Å²) >= 11 is 0. The van der Waals surface area contributed by atoms with Crippen LogP contribution in [-0.2, 0) is 19.1 Å². The van der Waals surface area contributed by atoms with E-state index in [1.54, 1.807) is 12.1 Å². The van der Waals surface area contributed by atoms with Crippen LogP contribution in [0.2, 0.25) is 0 Å². The van der Waals surface area contributed by atoms with Crippen LogP contribution in [0.4, 0.5) is 4.39 Å². The molecule has 0 amide bonds. The van der Waals surface area contributed by atoms with Gasteiger partial charge in [-0.05, 0) is 23.6 Å². The van der Waals surface area contributed by atoms with Gasteiger partial charge in [0.1, 0.15) is 5.82 Å². The number of rotatable bonds is 3. The molecule has 1 aliphatic rings. The molecule has 0 bridgehead atoms. The first-order valence-corrected chi connectivity index (χ1v) is 6.04. The summed E-state index contributed by atoms with van der Waals surface area (Å²) in [7, 11) is 1.24. The molecule has 0 radical (unpaired) electrons. The van der Waals surface area contributed by atoms with Crippen molar-refractivity contribution >= 4 is 11.9 Å². The fourth-order valence-corrected chi connectivity index (χ4v) is 2.38. The smallest absolute Gasteiger partial charge is 0.320 e. The molecule has 1 aromatic carbocycles. The zero-order valence-electron chi connectivity index (χ0n) is 10.8. The number of carbonyl (C=O) groups excluding carboxylic acids is 2. The number of cyclic esters (lactones) is 1. The van der Waals surface area contributed by atoms with Crippen LogP contribution >= 0.6 is 0 Å². The van der Waals surface area contributed by atoms with Crippen molar-refractivity contribution in [1.82, 2.24) is 0 Å². The molecule has 3 atom stereocenters. The molecule has 0 aliphatic carbocycles. The normalized spacial score (nSPS) is 23.8. The van der Waals surface area contributed by atoms with Crippen molar-refractivity contribution in [3.63, 3.8) is 0 Å². The Balaban J connectivity index is 2.22. The van der Waals surface area contributed by atoms with E-state index in [-0.39, 0.29) is 24.3 Å². The average Bonchev–Trinajstić information content (AvgIpc) is 2.80. The highest BCUT2D eigenvalue weighted by molar-refractivity contribution is 5.96. The van der Waals surface area contributed by atoms with Crippen LogP contribution in [0.5, 0.6) is 0 Å². The third kappa shape index (κ3) is 2.59. The van der Waals surface area contributed by atoms with E-state index < -0.39 is 17.9 Å². The Morgan fingerprint density at radius 1 is 1.42 bits per heavy atom. The molecule has 0 saturated carbocycles. The summed E-state index contributed by atoms with van der Waals surface area (Å²) in [6.07, 6.45) is 0. The average molecular weight is 266 g/mol. The molecule has 1 fully saturated rings. The summed E-state index contributed by atoms with van der Waals surface area (Å²) in [5, 5.41) is 0. The van der Waals surface area contributed by atoms with E-state index >= 15 is 0 Å². The number of methoxy groups -OCH3 is 1. The zero-order valence-corrected chi connectivity index (χ0v) is 10.8. The van der Waals surface area contributed by atoms with Crippen LogP contribution in [0.1, 0.15) is 18.4 Å². The molecule has 5 heteroatoms. The van der Waals surface area contributed by atoms with E-state index in [1.807, 2.05) is 6.92 Å². The molecule has 102 valence electrons. The standard InChI is InChI=1S/C14H15FO4/c1-8(9-3-5-10(15)6-4-9)11-7-19-14(17)12(11)13(16)18-2/h3-6,8,11-12H,7H2,1-2H3/t8-,11+,12-/m0/s1. The minimum atomic E-state index is -0.898. The van der Waals surface area contributed by atoms with E-state index in [2.05, 4.69) is 4.74 Å². The fraction of sp³-hybridized carbons (Fsp3) is 0.429. The van der Waals surface area contributed by atoms with Gasteiger partial charge in [0.05, 0.1) is 13.7 Å². The molecule has 1 heterocycles. The molecular formula is C14H15FO4. The summed E-state index contributed by atoms with van der Waals surface area (Å²) in [6, 6.07) is 6.02. The Kier molecular flexibility index (Phi) is 3.83. The molecule has 1 aromatic rings. The third-order valence-electron chi connectivity index (χ3n) is 3.59. The molecule has 1 saturated heterocycles. The van der Waals surface area contributed by atoms with Gasteiger partial charge in [-0.15, -0.1) is 0 Å². The van der Waals surface area contributed by atoms with Crippen molar-refractivity contribution in [2.75, 3.05) is 13.7 Å². The predicted molar refractivity (Wildman–Crippen MR) is 64.8 cm³/mol. The van der Waals surface area contributed by atoms with Gasteiger partial charge in [0.2, 0.25) is 0 Å². The molecule has 0 unspecified atom stereocenters. The predicted octanol–water partition coefficient (Wildman–Crippen LogP) is 1.89. The van der Waals surface area contributed by atoms with Gasteiger partial charge in [0.25, 0.3) is 0 Å². The second kappa shape index (κ2) is 5.38. The maximum atomic E-state index is 12.9. The SMILES string of the molecule is COC(=O)[C@H]1C(=O)OC[C@@H]1[C@@H](C)c1ccc(F)cc1. The third-order valence-corrected chi connectivity index (χ3v) is 3.59. The van der Waals surface area contributed by atoms with Gasteiger partial charge in [-0.25, -0.2) is 4.39 Å². The molecule has 0 spiro atoms. The number of ether oxygens (including phenoxy) is 2. The first-order valence-electron chi connectivity index (χ1n) is 6.04. The topological polar surface area (TPSA) is 52.6 Å². The van der Waals surface area contributed by atoms with Gasteiger partial charge < -0.3 is 9.47 Å². The Bertz CT molecular complexity index is 483. The fourth-order valence-electron chi connectivity index (χ4n) is 2.38. The minimum absolute atomic E-state index is 0.101. The van der Waals surface area contributed by atoms with E-state index in [0.29, 0.717) is 0 Å². The highest BCUT2D eigenvalue weighted by atomic mass is 19.1. The van der Waals surface area contributed by atoms with Crippen molar-refractivity contribution in [1.29, 1.82) is 0 Å². The van der Waals surface area contributed by atoms with Crippen LogP contribution in [0.25, 0.3) is 0 Å². The number of carbonyl (C=O) groups is 2. The molecular weight excluding hydrogens is 251 g/mol. The van der Waals surface area contributed by atoms with Crippen LogP contribution in [0, 0.1) is 17.7 Å². The van der Waals surface area contributed by atoms with Gasteiger partial charge in [-0.3, -0.25) is 9.59 Å². The van der Waals surface area contributed by atoms with Crippen molar-refractivity contribution in [3.05, 3.63) is 35.6 Å². The lowest BCUT2D eigenvalue weighted by atomic mass is 9.81. The van der Waals surface area contributed by atoms with Gasteiger partial charge in [-0.2, -0.15) is 0 Å². The molecule has 0 N–H and O–H groups in total. The Morgan fingerprint density at radius 3 is 2.63 bits per heavy atom. The Hall–Kier alpha value is -1.91. The Labute approximate surface area is 110 Å². The summed E-state index contributed by atoms with van der Waals surface area (Å²) in [6.45, 7) is 2.06. The van der Waals surface area contributed by atoms with Crippen LogP contribution in [0.3, 0.4) is 0 Å². The second-order valence-electron chi connectivity index (χ2n) is 4.63. The lowest BCUT2D eigenvalue weighted by molar-refractivity contribution is -0.154. The summed E-state index contributed by atoms with van der Waals surface area (Å²) < 4.78 is 22.5. The lowest BCUT2D eigenvalue weighted by Gasteiger charge is -2.21. The quantitative estimate of drug-likeness (QED) is 0.619. The largest absolute Gasteiger partial charge is 0.468 e. The molecule has 19 heavy (non-hydrogen) atoms. The number of esters is 2. The van der Waals surface area contributed by atoms with Crippen LogP contribution < -0.4 is 0 Å². The highest BCUT2D eigenvalue weighted by Crippen LogP contribution is 2.35. The monoisotopic (exact) mass is 266 g/mol. The van der Waals surface area contributed by atoms with Gasteiger partial charge in [-0.1, -0.05) is 19.1 Å². The number of benzene rings is 1. The first-order chi connectivity index (χ1) is 9.04. The van der Waals surface area contributed by atoms with Gasteiger partial charge in [0.15, 0.2) is 5.92 Å². The molecule has 1 aliphatic heterocycles. The van der Waals surface area contributed by atoms with Crippen LogP contribution in [-0.4, -0.2) is 25.7 Å². The zero-order chi connectivity index (χ0) is 14.0. The maximum absolute atomic E-state index is 12.9. The molecule has 0 aromatic heterocycles. The van der Waals surface area contributed by atoms with E-state index in [1.165, 1.54) is 19.2 Å². The van der Waals surface area contributed by atoms with E-state index in [4.69, 9.17) is 4.74 Å². The van der Waals surface area contributed by atoms with Crippen molar-refractivity contribution < 1.29 is 23.5 Å². The maximum Gasteiger partial charge on any atom is 0.320 e. The molecule has 2 rings (SSSR count). The first kappa shape index (κ1) is 13.5. The van der Waals surface area contributed by atoms with E-state index in [9.17, 15) is 14.0 Å². The summed E-state index contributed by atoms with van der Waals surface area (Å²) in [4.78, 5) is 23.2. The Morgan fingerprint density at radius 2 is 2.05 bits per heavy atom. The molecule has 4 nitrogen and oxygen atoms in total. The van der Waals surface area contributed by atoms with Crippen molar-refractivity contribution in [3.8, 4) is 0 Å². The number of hydrogen-bond acceptors (Lipinski definition) is 4. The highest BCUT2D eigenvalue weighted by Gasteiger charge is 2.45. The van der Waals surface area contributed by atoms with Crippen molar-refractivity contribution in [2.24, 2.45) is 11.8 Å². The second-order valence-corrected chi connectivity index (χ2v) is 4.63. The van der Waals surface area contributed by atoms with Crippen LogP contribution in [0.15, 0.2) is 24.3 Å². The van der Waals surface area contributed by atoms with Crippen molar-refractivity contribution in [2.45, 2.75) is 12.8 Å². The number of hydrogen-bond donors (Lipinski definition) is 0. The number of halogens is 1. The van der Waals surface area contributed by atoms with Gasteiger partial charge >= 0.3 is 11.9 Å². The van der Waals surface area contributed by atoms with Gasteiger partial charge in [0, 0.05) is 5.92 Å². The lowest BCUT2D eigenvalue weighted by Crippen LogP contribution is -2.29. The van der Waals surface area contributed by atoms with E-state index in [0.717, 1.165) is 5.56 Å². The summed E-state index contributed by atoms with van der Waals surface area (Å²) in [5.41, 5.74) is 0.860. The minimum Gasteiger partial charge on any atom is -0.468 e. The summed E-state index contributed by atoms with van der Waals surface area (Å²) in [5.74, 6) is -2.74.